The summed E-state index contributed by atoms with van der Waals surface area (Å²) in [5.41, 5.74) is -0.0419. The van der Waals surface area contributed by atoms with Crippen molar-refractivity contribution < 1.29 is 0 Å². The Bertz CT molecular complexity index is 460. The molecule has 3 N–H and O–H groups in total. The molecule has 0 radical (unpaired) electrons. The van der Waals surface area contributed by atoms with E-state index in [1.807, 2.05) is 0 Å². The Hall–Kier alpha value is -1.36. The van der Waals surface area contributed by atoms with Crippen molar-refractivity contribution in [2.75, 3.05) is 25.0 Å². The maximum Gasteiger partial charge on any atom is 0.252 e. The highest BCUT2D eigenvalue weighted by atomic mass is 16.1. The van der Waals surface area contributed by atoms with E-state index in [1.54, 1.807) is 6.07 Å². The zero-order chi connectivity index (χ0) is 12.4. The third-order valence-corrected chi connectivity index (χ3v) is 3.75. The third kappa shape index (κ3) is 2.90. The highest BCUT2D eigenvalue weighted by Crippen LogP contribution is 2.37. The fourth-order valence-electron chi connectivity index (χ4n) is 2.45. The lowest BCUT2D eigenvalue weighted by Crippen LogP contribution is -2.31. The van der Waals surface area contributed by atoms with Crippen LogP contribution in [0.4, 0.5) is 5.82 Å². The molecule has 3 rings (SSSR count). The number of hydrogen-bond donors (Lipinski definition) is 3. The van der Waals surface area contributed by atoms with Crippen LogP contribution in [0.25, 0.3) is 0 Å². The van der Waals surface area contributed by atoms with Gasteiger partial charge in [-0.15, -0.1) is 0 Å². The van der Waals surface area contributed by atoms with Crippen LogP contribution in [0.15, 0.2) is 10.9 Å². The first-order valence-corrected chi connectivity index (χ1v) is 6.87. The number of nitrogens with one attached hydrogen (secondary N) is 3. The predicted molar refractivity (Wildman–Crippen MR) is 70.9 cm³/mol. The molecule has 2 fully saturated rings. The molecule has 1 saturated heterocycles. The number of H-pyrrole nitrogens is 1. The molecule has 1 saturated carbocycles. The van der Waals surface area contributed by atoms with Crippen LogP contribution in [0, 0.1) is 5.92 Å². The van der Waals surface area contributed by atoms with Crippen molar-refractivity contribution in [2.45, 2.75) is 31.6 Å². The Balaban J connectivity index is 1.62. The number of rotatable bonds is 4. The van der Waals surface area contributed by atoms with Crippen LogP contribution >= 0.6 is 0 Å². The van der Waals surface area contributed by atoms with Crippen molar-refractivity contribution in [1.29, 1.82) is 0 Å². The second-order valence-electron chi connectivity index (χ2n) is 5.36. The molecular formula is C13H20N4O. The minimum absolute atomic E-state index is 0.0419. The van der Waals surface area contributed by atoms with Crippen molar-refractivity contribution >= 4 is 5.82 Å². The molecule has 1 aromatic rings. The Morgan fingerprint density at radius 1 is 1.28 bits per heavy atom. The van der Waals surface area contributed by atoms with Crippen LogP contribution in [0.5, 0.6) is 0 Å². The lowest BCUT2D eigenvalue weighted by atomic mass is 9.98. The first-order valence-electron chi connectivity index (χ1n) is 6.87. The number of nitrogens with zero attached hydrogens (tertiary/aromatic N) is 1. The average molecular weight is 248 g/mol. The number of anilines is 1. The number of aromatic amines is 1. The zero-order valence-electron chi connectivity index (χ0n) is 10.5. The molecule has 0 bridgehead atoms. The van der Waals surface area contributed by atoms with Gasteiger partial charge >= 0.3 is 0 Å². The van der Waals surface area contributed by atoms with E-state index >= 15 is 0 Å². The minimum atomic E-state index is -0.0419. The average Bonchev–Trinajstić information content (AvgIpc) is 3.21. The largest absolute Gasteiger partial charge is 0.370 e. The van der Waals surface area contributed by atoms with Gasteiger partial charge in [0.2, 0.25) is 0 Å². The van der Waals surface area contributed by atoms with Gasteiger partial charge in [-0.1, -0.05) is 0 Å². The standard InChI is InChI=1S/C13H20N4O/c18-12-7-11(16-13(17-12)10-1-2-10)15-8-9-3-5-14-6-4-9/h7,9-10,14H,1-6,8H2,(H2,15,16,17,18). The first kappa shape index (κ1) is 11.7. The predicted octanol–water partition coefficient (Wildman–Crippen LogP) is 1.06. The first-order chi connectivity index (χ1) is 8.81. The van der Waals surface area contributed by atoms with E-state index in [2.05, 4.69) is 20.6 Å². The van der Waals surface area contributed by atoms with Crippen molar-refractivity contribution in [2.24, 2.45) is 5.92 Å². The lowest BCUT2D eigenvalue weighted by Gasteiger charge is -2.22. The molecule has 0 unspecified atom stereocenters. The van der Waals surface area contributed by atoms with Gasteiger partial charge in [0.25, 0.3) is 5.56 Å². The van der Waals surface area contributed by atoms with Gasteiger partial charge in [-0.2, -0.15) is 0 Å². The van der Waals surface area contributed by atoms with Gasteiger partial charge in [-0.05, 0) is 44.7 Å². The van der Waals surface area contributed by atoms with E-state index in [4.69, 9.17) is 0 Å². The second-order valence-corrected chi connectivity index (χ2v) is 5.36. The maximum atomic E-state index is 11.5. The molecule has 0 spiro atoms. The zero-order valence-corrected chi connectivity index (χ0v) is 10.5. The maximum absolute atomic E-state index is 11.5. The quantitative estimate of drug-likeness (QED) is 0.745. The van der Waals surface area contributed by atoms with Gasteiger partial charge in [0, 0.05) is 18.5 Å². The van der Waals surface area contributed by atoms with Gasteiger partial charge in [-0.3, -0.25) is 4.79 Å². The molecule has 5 nitrogen and oxygen atoms in total. The summed E-state index contributed by atoms with van der Waals surface area (Å²) in [5.74, 6) is 2.77. The Kier molecular flexibility index (Phi) is 3.32. The molecule has 1 aromatic heterocycles. The van der Waals surface area contributed by atoms with Crippen LogP contribution in [-0.4, -0.2) is 29.6 Å². The molecule has 18 heavy (non-hydrogen) atoms. The summed E-state index contributed by atoms with van der Waals surface area (Å²) in [4.78, 5) is 18.9. The Morgan fingerprint density at radius 2 is 2.06 bits per heavy atom. The molecule has 0 atom stereocenters. The van der Waals surface area contributed by atoms with Crippen LogP contribution in [0.1, 0.15) is 37.4 Å². The SMILES string of the molecule is O=c1cc(NCC2CCNCC2)nc(C2CC2)[nH]1. The van der Waals surface area contributed by atoms with Crippen LogP contribution in [0.2, 0.25) is 0 Å². The highest BCUT2D eigenvalue weighted by Gasteiger charge is 2.26. The minimum Gasteiger partial charge on any atom is -0.370 e. The van der Waals surface area contributed by atoms with Crippen molar-refractivity contribution in [1.82, 2.24) is 15.3 Å². The van der Waals surface area contributed by atoms with Gasteiger partial charge in [-0.25, -0.2) is 4.98 Å². The fraction of sp³-hybridized carbons (Fsp3) is 0.692. The molecule has 2 heterocycles. The molecule has 98 valence electrons. The smallest absolute Gasteiger partial charge is 0.252 e. The van der Waals surface area contributed by atoms with E-state index < -0.39 is 0 Å². The van der Waals surface area contributed by atoms with E-state index in [-0.39, 0.29) is 5.56 Å². The van der Waals surface area contributed by atoms with Crippen molar-refractivity contribution in [3.05, 3.63) is 22.2 Å². The lowest BCUT2D eigenvalue weighted by molar-refractivity contribution is 0.389. The second kappa shape index (κ2) is 5.10. The number of piperidine rings is 1. The van der Waals surface area contributed by atoms with Crippen LogP contribution < -0.4 is 16.2 Å². The molecular weight excluding hydrogens is 228 g/mol. The molecule has 0 amide bonds. The summed E-state index contributed by atoms with van der Waals surface area (Å²) in [5, 5.41) is 6.68. The Morgan fingerprint density at radius 3 is 2.78 bits per heavy atom. The summed E-state index contributed by atoms with van der Waals surface area (Å²) in [7, 11) is 0. The fourth-order valence-corrected chi connectivity index (χ4v) is 2.45. The molecule has 1 aliphatic heterocycles. The van der Waals surface area contributed by atoms with Crippen molar-refractivity contribution in [3.63, 3.8) is 0 Å². The van der Waals surface area contributed by atoms with Gasteiger partial charge in [0.05, 0.1) is 0 Å². The van der Waals surface area contributed by atoms with E-state index in [1.165, 1.54) is 12.8 Å². The summed E-state index contributed by atoms with van der Waals surface area (Å²) < 4.78 is 0. The summed E-state index contributed by atoms with van der Waals surface area (Å²) in [6.07, 6.45) is 4.71. The number of aromatic nitrogens is 2. The van der Waals surface area contributed by atoms with Crippen LogP contribution in [0.3, 0.4) is 0 Å². The monoisotopic (exact) mass is 248 g/mol. The van der Waals surface area contributed by atoms with Crippen LogP contribution in [-0.2, 0) is 0 Å². The summed E-state index contributed by atoms with van der Waals surface area (Å²) in [6.45, 7) is 3.12. The third-order valence-electron chi connectivity index (χ3n) is 3.75. The highest BCUT2D eigenvalue weighted by molar-refractivity contribution is 5.34. The van der Waals surface area contributed by atoms with Gasteiger partial charge < -0.3 is 15.6 Å². The number of hydrogen-bond acceptors (Lipinski definition) is 4. The van der Waals surface area contributed by atoms with Crippen molar-refractivity contribution in [3.8, 4) is 0 Å². The summed E-state index contributed by atoms with van der Waals surface area (Å²) >= 11 is 0. The van der Waals surface area contributed by atoms with Gasteiger partial charge in [0.1, 0.15) is 11.6 Å². The molecule has 5 heteroatoms. The summed E-state index contributed by atoms with van der Waals surface area (Å²) in [6, 6.07) is 1.56. The Labute approximate surface area is 106 Å². The van der Waals surface area contributed by atoms with Gasteiger partial charge in [0.15, 0.2) is 0 Å². The topological polar surface area (TPSA) is 69.8 Å². The van der Waals surface area contributed by atoms with E-state index in [0.717, 1.165) is 44.1 Å². The molecule has 0 aromatic carbocycles. The normalized spacial score (nSPS) is 20.9. The molecule has 1 aliphatic carbocycles. The molecule has 2 aliphatic rings. The van der Waals surface area contributed by atoms with E-state index in [0.29, 0.717) is 11.8 Å². The van der Waals surface area contributed by atoms with E-state index in [9.17, 15) is 4.79 Å².